The number of amides is 2. The Bertz CT molecular complexity index is 1390. The van der Waals surface area contributed by atoms with E-state index < -0.39 is 36.1 Å². The topological polar surface area (TPSA) is 102 Å². The Morgan fingerprint density at radius 3 is 2.67 bits per heavy atom. The molecule has 0 unspecified atom stereocenters. The minimum Gasteiger partial charge on any atom is -0.618 e. The second kappa shape index (κ2) is 10.8. The standard InChI is InChI=1S/C29H33F2N5O3/c1-18-11-14-36(39)19(2)25(18)20-5-7-22(8-6-20)33-28(38)26(21-4-3-12-29(30,31)16-21)34-27(37)24-10-9-23-17-32-13-15-35(23)24/h5-11,14,21,26,32H,3-4,12-13,15-17H2,1-2H3,(H,33,38)(H,34,37)/t21-,26-/m0/s1. The molecular formula is C29H33F2N5O3. The van der Waals surface area contributed by atoms with Gasteiger partial charge in [-0.05, 0) is 61.1 Å². The van der Waals surface area contributed by atoms with Crippen LogP contribution in [0.5, 0.6) is 0 Å². The van der Waals surface area contributed by atoms with Crippen LogP contribution in [0.25, 0.3) is 11.1 Å². The molecule has 3 heterocycles. The number of hydrogen-bond donors (Lipinski definition) is 3. The molecule has 206 valence electrons. The zero-order valence-electron chi connectivity index (χ0n) is 22.1. The third-order valence-corrected chi connectivity index (χ3v) is 7.83. The fourth-order valence-electron chi connectivity index (χ4n) is 5.79. The van der Waals surface area contributed by atoms with Crippen LogP contribution in [0, 0.1) is 25.0 Å². The van der Waals surface area contributed by atoms with Gasteiger partial charge in [-0.1, -0.05) is 12.1 Å². The average molecular weight is 538 g/mol. The van der Waals surface area contributed by atoms with Crippen LogP contribution < -0.4 is 20.7 Å². The number of nitrogens with zero attached hydrogens (tertiary/aromatic N) is 2. The first-order chi connectivity index (χ1) is 18.6. The predicted molar refractivity (Wildman–Crippen MR) is 143 cm³/mol. The summed E-state index contributed by atoms with van der Waals surface area (Å²) in [5.74, 6) is -4.56. The van der Waals surface area contributed by atoms with Crippen molar-refractivity contribution in [1.82, 2.24) is 15.2 Å². The van der Waals surface area contributed by atoms with Crippen LogP contribution in [0.4, 0.5) is 14.5 Å². The number of fused-ring (bicyclic) bond motifs is 1. The first-order valence-corrected chi connectivity index (χ1v) is 13.3. The van der Waals surface area contributed by atoms with Gasteiger partial charge in [-0.25, -0.2) is 8.78 Å². The minimum absolute atomic E-state index is 0.214. The van der Waals surface area contributed by atoms with Crippen molar-refractivity contribution in [3.05, 3.63) is 76.5 Å². The Kier molecular flexibility index (Phi) is 7.40. The van der Waals surface area contributed by atoms with Crippen molar-refractivity contribution >= 4 is 17.5 Å². The summed E-state index contributed by atoms with van der Waals surface area (Å²) in [6, 6.07) is 11.2. The van der Waals surface area contributed by atoms with Gasteiger partial charge >= 0.3 is 0 Å². The van der Waals surface area contributed by atoms with Crippen LogP contribution in [0.2, 0.25) is 0 Å². The summed E-state index contributed by atoms with van der Waals surface area (Å²) in [6.07, 6.45) is 1.50. The van der Waals surface area contributed by atoms with E-state index in [0.29, 0.717) is 43.1 Å². The summed E-state index contributed by atoms with van der Waals surface area (Å²) in [4.78, 5) is 26.8. The van der Waals surface area contributed by atoms with Crippen molar-refractivity contribution in [1.29, 1.82) is 0 Å². The Labute approximate surface area is 226 Å². The number of anilines is 1. The lowest BCUT2D eigenvalue weighted by molar-refractivity contribution is -0.611. The van der Waals surface area contributed by atoms with Crippen molar-refractivity contribution in [2.75, 3.05) is 11.9 Å². The zero-order chi connectivity index (χ0) is 27.7. The van der Waals surface area contributed by atoms with Gasteiger partial charge < -0.3 is 25.7 Å². The Morgan fingerprint density at radius 1 is 1.15 bits per heavy atom. The maximum atomic E-state index is 14.4. The first-order valence-electron chi connectivity index (χ1n) is 13.3. The Morgan fingerprint density at radius 2 is 1.92 bits per heavy atom. The van der Waals surface area contributed by atoms with Crippen molar-refractivity contribution in [2.24, 2.45) is 5.92 Å². The normalized spacial score (nSPS) is 19.1. The molecule has 1 fully saturated rings. The molecule has 0 radical (unpaired) electrons. The molecule has 2 amide bonds. The second-order valence-corrected chi connectivity index (χ2v) is 10.6. The van der Waals surface area contributed by atoms with Crippen LogP contribution in [0.1, 0.15) is 53.1 Å². The molecule has 39 heavy (non-hydrogen) atoms. The Balaban J connectivity index is 1.37. The maximum absolute atomic E-state index is 14.4. The van der Waals surface area contributed by atoms with Crippen LogP contribution in [0.15, 0.2) is 48.7 Å². The number of benzene rings is 1. The van der Waals surface area contributed by atoms with E-state index in [9.17, 15) is 23.6 Å². The molecule has 10 heteroatoms. The molecule has 8 nitrogen and oxygen atoms in total. The summed E-state index contributed by atoms with van der Waals surface area (Å²) in [6.45, 7) is 5.63. The first kappa shape index (κ1) is 26.8. The molecule has 1 aliphatic carbocycles. The van der Waals surface area contributed by atoms with E-state index in [2.05, 4.69) is 16.0 Å². The lowest BCUT2D eigenvalue weighted by Gasteiger charge is -2.34. The van der Waals surface area contributed by atoms with E-state index in [1.807, 2.05) is 17.6 Å². The smallest absolute Gasteiger partial charge is 0.268 e. The van der Waals surface area contributed by atoms with Crippen molar-refractivity contribution in [3.8, 4) is 11.1 Å². The predicted octanol–water partition coefficient (Wildman–Crippen LogP) is 4.07. The fraction of sp³-hybridized carbons (Fsp3) is 0.414. The zero-order valence-corrected chi connectivity index (χ0v) is 22.1. The number of halogens is 2. The fourth-order valence-corrected chi connectivity index (χ4v) is 5.79. The van der Waals surface area contributed by atoms with Crippen LogP contribution >= 0.6 is 0 Å². The van der Waals surface area contributed by atoms with Gasteiger partial charge in [0.25, 0.3) is 5.91 Å². The molecule has 0 bridgehead atoms. The Hall–Kier alpha value is -3.79. The molecule has 2 aromatic heterocycles. The SMILES string of the molecule is Cc1cc[n+]([O-])c(C)c1-c1ccc(NC(=O)[C@@H](NC(=O)c2ccc3n2CCNC3)[C@H]2CCCC(F)(F)C2)cc1. The third-order valence-electron chi connectivity index (χ3n) is 7.83. The molecule has 3 N–H and O–H groups in total. The molecule has 1 aromatic carbocycles. The highest BCUT2D eigenvalue weighted by Crippen LogP contribution is 2.38. The highest BCUT2D eigenvalue weighted by atomic mass is 19.3. The van der Waals surface area contributed by atoms with Gasteiger partial charge in [0.2, 0.25) is 11.8 Å². The lowest BCUT2D eigenvalue weighted by atomic mass is 9.81. The van der Waals surface area contributed by atoms with E-state index in [0.717, 1.165) is 27.1 Å². The lowest BCUT2D eigenvalue weighted by Crippen LogP contribution is -2.51. The van der Waals surface area contributed by atoms with E-state index in [1.165, 1.54) is 6.20 Å². The van der Waals surface area contributed by atoms with Gasteiger partial charge in [0, 0.05) is 56.8 Å². The number of nitrogens with one attached hydrogen (secondary N) is 3. The van der Waals surface area contributed by atoms with E-state index in [4.69, 9.17) is 0 Å². The number of carbonyl (C=O) groups is 2. The number of hydrogen-bond acceptors (Lipinski definition) is 4. The number of pyridine rings is 1. The number of aryl methyl sites for hydroxylation is 1. The highest BCUT2D eigenvalue weighted by molar-refractivity contribution is 6.01. The molecule has 5 rings (SSSR count). The molecule has 2 aliphatic rings. The van der Waals surface area contributed by atoms with E-state index in [1.54, 1.807) is 43.3 Å². The van der Waals surface area contributed by atoms with Crippen molar-refractivity contribution in [2.45, 2.75) is 64.6 Å². The number of aromatic nitrogens is 2. The molecule has 1 aliphatic heterocycles. The van der Waals surface area contributed by atoms with Gasteiger partial charge in [0.1, 0.15) is 11.7 Å². The highest BCUT2D eigenvalue weighted by Gasteiger charge is 2.42. The van der Waals surface area contributed by atoms with Crippen LogP contribution in [0.3, 0.4) is 0 Å². The largest absolute Gasteiger partial charge is 0.618 e. The second-order valence-electron chi connectivity index (χ2n) is 10.6. The molecule has 3 aromatic rings. The molecular weight excluding hydrogens is 504 g/mol. The molecule has 0 spiro atoms. The van der Waals surface area contributed by atoms with Gasteiger partial charge in [-0.2, -0.15) is 4.73 Å². The van der Waals surface area contributed by atoms with E-state index >= 15 is 0 Å². The summed E-state index contributed by atoms with van der Waals surface area (Å²) >= 11 is 0. The quantitative estimate of drug-likeness (QED) is 0.326. The summed E-state index contributed by atoms with van der Waals surface area (Å²) in [7, 11) is 0. The van der Waals surface area contributed by atoms with Crippen LogP contribution in [-0.4, -0.2) is 34.9 Å². The average Bonchev–Trinajstić information content (AvgIpc) is 3.34. The molecule has 0 saturated heterocycles. The number of carbonyl (C=O) groups excluding carboxylic acids is 2. The van der Waals surface area contributed by atoms with Gasteiger partial charge in [-0.15, -0.1) is 0 Å². The minimum atomic E-state index is -2.88. The summed E-state index contributed by atoms with van der Waals surface area (Å²) in [5.41, 5.74) is 4.99. The monoisotopic (exact) mass is 537 g/mol. The summed E-state index contributed by atoms with van der Waals surface area (Å²) < 4.78 is 31.4. The maximum Gasteiger partial charge on any atom is 0.268 e. The van der Waals surface area contributed by atoms with E-state index in [-0.39, 0.29) is 12.8 Å². The number of alkyl halides is 2. The van der Waals surface area contributed by atoms with Crippen molar-refractivity contribution < 1.29 is 23.1 Å². The van der Waals surface area contributed by atoms with Gasteiger partial charge in [-0.3, -0.25) is 9.59 Å². The van der Waals surface area contributed by atoms with Gasteiger partial charge in [0.15, 0.2) is 11.9 Å². The number of rotatable bonds is 6. The third kappa shape index (κ3) is 5.66. The molecule has 1 saturated carbocycles. The summed E-state index contributed by atoms with van der Waals surface area (Å²) in [5, 5.41) is 20.9. The molecule has 2 atom stereocenters. The van der Waals surface area contributed by atoms with Gasteiger partial charge in [0.05, 0.1) is 5.56 Å². The van der Waals surface area contributed by atoms with Crippen molar-refractivity contribution in [3.63, 3.8) is 0 Å². The van der Waals surface area contributed by atoms with Crippen LogP contribution in [-0.2, 0) is 17.9 Å².